The van der Waals surface area contributed by atoms with Gasteiger partial charge in [-0.25, -0.2) is 16.8 Å². The number of hydrogen-bond donors (Lipinski definition) is 1. The predicted octanol–water partition coefficient (Wildman–Crippen LogP) is 2.17. The molecule has 0 saturated carbocycles. The Kier molecular flexibility index (Phi) is 8.50. The Morgan fingerprint density at radius 3 is 2.24 bits per heavy atom. The van der Waals surface area contributed by atoms with Gasteiger partial charge in [-0.3, -0.25) is 9.10 Å². The molecule has 2 heterocycles. The zero-order valence-corrected chi connectivity index (χ0v) is 24.1. The van der Waals surface area contributed by atoms with E-state index in [9.17, 15) is 21.6 Å². The smallest absolute Gasteiger partial charge is 0.264 e. The van der Waals surface area contributed by atoms with E-state index in [-0.39, 0.29) is 35.2 Å². The lowest BCUT2D eigenvalue weighted by atomic mass is 10.2. The molecule has 2 aliphatic rings. The summed E-state index contributed by atoms with van der Waals surface area (Å²) in [5, 5.41) is 2.73. The first kappa shape index (κ1) is 28.9. The summed E-state index contributed by atoms with van der Waals surface area (Å²) >= 11 is 0. The van der Waals surface area contributed by atoms with Crippen LogP contribution < -0.4 is 19.1 Å². The number of carbonyl (C=O) groups is 1. The molecule has 1 fully saturated rings. The molecule has 3 aromatic rings. The topological polar surface area (TPSA) is 132 Å². The summed E-state index contributed by atoms with van der Waals surface area (Å²) in [5.74, 6) is 0.246. The fraction of sp³-hybridized carbons (Fsp3) is 0.321. The van der Waals surface area contributed by atoms with Crippen molar-refractivity contribution in [3.05, 3.63) is 78.4 Å². The van der Waals surface area contributed by atoms with E-state index in [0.717, 1.165) is 5.56 Å². The Morgan fingerprint density at radius 2 is 1.54 bits per heavy atom. The highest BCUT2D eigenvalue weighted by Gasteiger charge is 2.37. The minimum Gasteiger partial charge on any atom is -0.492 e. The van der Waals surface area contributed by atoms with Crippen LogP contribution in [-0.4, -0.2) is 79.2 Å². The van der Waals surface area contributed by atoms with Crippen LogP contribution in [0.3, 0.4) is 0 Å². The van der Waals surface area contributed by atoms with Gasteiger partial charge in [-0.1, -0.05) is 29.8 Å². The van der Waals surface area contributed by atoms with Gasteiger partial charge in [0.05, 0.1) is 41.8 Å². The van der Waals surface area contributed by atoms with Gasteiger partial charge in [-0.2, -0.15) is 4.31 Å². The summed E-state index contributed by atoms with van der Waals surface area (Å²) in [6, 6.07) is 19.3. The summed E-state index contributed by atoms with van der Waals surface area (Å²) in [7, 11) is -7.55. The number of anilines is 1. The van der Waals surface area contributed by atoms with Gasteiger partial charge in [0.2, 0.25) is 10.0 Å². The van der Waals surface area contributed by atoms with Gasteiger partial charge in [0, 0.05) is 13.1 Å². The van der Waals surface area contributed by atoms with E-state index in [4.69, 9.17) is 14.2 Å². The molecule has 13 heteroatoms. The molecule has 11 nitrogen and oxygen atoms in total. The first-order chi connectivity index (χ1) is 19.7. The molecule has 0 radical (unpaired) electrons. The van der Waals surface area contributed by atoms with Crippen LogP contribution in [0.25, 0.3) is 0 Å². The van der Waals surface area contributed by atoms with Crippen LogP contribution >= 0.6 is 0 Å². The van der Waals surface area contributed by atoms with Crippen LogP contribution in [0.1, 0.15) is 5.56 Å². The second-order valence-corrected chi connectivity index (χ2v) is 13.4. The molecule has 0 aromatic heterocycles. The Hall–Kier alpha value is -3.65. The van der Waals surface area contributed by atoms with Crippen molar-refractivity contribution < 1.29 is 35.8 Å². The first-order valence-electron chi connectivity index (χ1n) is 13.1. The SMILES string of the molecule is Cc1ccc(S(=O)(=O)N2C[C@H](C(=O)NCCOc3ccc(S(=O)(=O)N4CCOCC4)cc3)Oc3ccccc32)cc1. The largest absolute Gasteiger partial charge is 0.492 e. The van der Waals surface area contributed by atoms with Gasteiger partial charge in [-0.05, 0) is 55.5 Å². The zero-order chi connectivity index (χ0) is 29.0. The van der Waals surface area contributed by atoms with Crippen LogP contribution in [0.2, 0.25) is 0 Å². The van der Waals surface area contributed by atoms with E-state index in [1.165, 1.54) is 20.7 Å². The fourth-order valence-electron chi connectivity index (χ4n) is 4.50. The Bertz CT molecular complexity index is 1590. The number of ether oxygens (including phenoxy) is 3. The highest BCUT2D eigenvalue weighted by atomic mass is 32.2. The molecular formula is C28H31N3O8S2. The second-order valence-electron chi connectivity index (χ2n) is 9.55. The lowest BCUT2D eigenvalue weighted by Gasteiger charge is -2.34. The molecule has 0 bridgehead atoms. The number of para-hydroxylation sites is 2. The maximum absolute atomic E-state index is 13.5. The van der Waals surface area contributed by atoms with Gasteiger partial charge >= 0.3 is 0 Å². The number of sulfonamides is 2. The Balaban J connectivity index is 1.18. The number of amides is 1. The van der Waals surface area contributed by atoms with Crippen molar-refractivity contribution in [1.29, 1.82) is 0 Å². The minimum atomic E-state index is -3.94. The van der Waals surface area contributed by atoms with Gasteiger partial charge in [0.25, 0.3) is 15.9 Å². The summed E-state index contributed by atoms with van der Waals surface area (Å²) < 4.78 is 71.9. The Morgan fingerprint density at radius 1 is 0.902 bits per heavy atom. The molecule has 1 atom stereocenters. The Labute approximate surface area is 239 Å². The minimum absolute atomic E-state index is 0.107. The van der Waals surface area contributed by atoms with Crippen LogP contribution in [0.5, 0.6) is 11.5 Å². The summed E-state index contributed by atoms with van der Waals surface area (Å²) in [4.78, 5) is 13.3. The third-order valence-electron chi connectivity index (χ3n) is 6.74. The van der Waals surface area contributed by atoms with Crippen molar-refractivity contribution in [3.8, 4) is 11.5 Å². The van der Waals surface area contributed by atoms with Gasteiger partial charge in [0.15, 0.2) is 6.10 Å². The monoisotopic (exact) mass is 601 g/mol. The van der Waals surface area contributed by atoms with Crippen molar-refractivity contribution in [1.82, 2.24) is 9.62 Å². The quantitative estimate of drug-likeness (QED) is 0.369. The molecular weight excluding hydrogens is 570 g/mol. The normalized spacial score (nSPS) is 17.8. The van der Waals surface area contributed by atoms with Gasteiger partial charge in [-0.15, -0.1) is 0 Å². The zero-order valence-electron chi connectivity index (χ0n) is 22.4. The number of hydrogen-bond acceptors (Lipinski definition) is 8. The maximum atomic E-state index is 13.5. The van der Waals surface area contributed by atoms with E-state index < -0.39 is 32.1 Å². The van der Waals surface area contributed by atoms with E-state index in [2.05, 4.69) is 5.32 Å². The molecule has 0 unspecified atom stereocenters. The first-order valence-corrected chi connectivity index (χ1v) is 16.0. The predicted molar refractivity (Wildman–Crippen MR) is 151 cm³/mol. The van der Waals surface area contributed by atoms with E-state index in [1.54, 1.807) is 60.7 Å². The summed E-state index contributed by atoms with van der Waals surface area (Å²) in [6.07, 6.45) is -1.07. The molecule has 1 saturated heterocycles. The third-order valence-corrected chi connectivity index (χ3v) is 10.4. The van der Waals surface area contributed by atoms with Crippen molar-refractivity contribution >= 4 is 31.6 Å². The molecule has 5 rings (SSSR count). The van der Waals surface area contributed by atoms with Gasteiger partial charge in [0.1, 0.15) is 18.1 Å². The van der Waals surface area contributed by atoms with Crippen LogP contribution in [0, 0.1) is 6.92 Å². The highest BCUT2D eigenvalue weighted by Crippen LogP contribution is 2.36. The molecule has 3 aromatic carbocycles. The van der Waals surface area contributed by atoms with Crippen molar-refractivity contribution in [3.63, 3.8) is 0 Å². The van der Waals surface area contributed by atoms with Crippen molar-refractivity contribution in [2.75, 3.05) is 50.3 Å². The van der Waals surface area contributed by atoms with Crippen LogP contribution in [-0.2, 0) is 29.6 Å². The molecule has 2 aliphatic heterocycles. The lowest BCUT2D eigenvalue weighted by molar-refractivity contribution is -0.127. The standard InChI is InChI=1S/C28H31N3O8S2/c1-21-6-10-24(11-7-21)41(35,36)31-20-27(39-26-5-3-2-4-25(26)31)28(32)29-14-17-38-22-8-12-23(13-9-22)40(33,34)30-15-18-37-19-16-30/h2-13,27H,14-20H2,1H3,(H,29,32)/t27-/m1/s1. The number of aryl methyl sites for hydroxylation is 1. The summed E-state index contributed by atoms with van der Waals surface area (Å²) in [5.41, 5.74) is 1.29. The third kappa shape index (κ3) is 6.32. The van der Waals surface area contributed by atoms with Crippen LogP contribution in [0.15, 0.2) is 82.6 Å². The maximum Gasteiger partial charge on any atom is 0.264 e. The number of fused-ring (bicyclic) bond motifs is 1. The molecule has 0 spiro atoms. The molecule has 41 heavy (non-hydrogen) atoms. The number of benzene rings is 3. The summed E-state index contributed by atoms with van der Waals surface area (Å²) in [6.45, 7) is 3.26. The number of nitrogens with zero attached hydrogens (tertiary/aromatic N) is 2. The molecule has 1 N–H and O–H groups in total. The average Bonchev–Trinajstić information content (AvgIpc) is 2.99. The lowest BCUT2D eigenvalue weighted by Crippen LogP contribution is -2.51. The van der Waals surface area contributed by atoms with Gasteiger partial charge < -0.3 is 19.5 Å². The number of rotatable bonds is 9. The molecule has 1 amide bonds. The highest BCUT2D eigenvalue weighted by molar-refractivity contribution is 7.92. The number of nitrogens with one attached hydrogen (secondary N) is 1. The van der Waals surface area contributed by atoms with E-state index in [1.807, 2.05) is 6.92 Å². The average molecular weight is 602 g/mol. The van der Waals surface area contributed by atoms with Crippen LogP contribution in [0.4, 0.5) is 5.69 Å². The second kappa shape index (κ2) is 12.1. The van der Waals surface area contributed by atoms with E-state index in [0.29, 0.717) is 37.7 Å². The van der Waals surface area contributed by atoms with Crippen molar-refractivity contribution in [2.24, 2.45) is 0 Å². The molecule has 0 aliphatic carbocycles. The number of morpholine rings is 1. The fourth-order valence-corrected chi connectivity index (χ4v) is 7.39. The molecule has 218 valence electrons. The van der Waals surface area contributed by atoms with E-state index >= 15 is 0 Å². The van der Waals surface area contributed by atoms with Crippen molar-refractivity contribution in [2.45, 2.75) is 22.8 Å². The number of carbonyl (C=O) groups excluding carboxylic acids is 1.